The number of H-pyrrole nitrogens is 1. The molecule has 0 aliphatic heterocycles. The van der Waals surface area contributed by atoms with Crippen LogP contribution in [-0.2, 0) is 9.84 Å². The van der Waals surface area contributed by atoms with Crippen LogP contribution in [0.15, 0.2) is 51.7 Å². The van der Waals surface area contributed by atoms with E-state index in [-0.39, 0.29) is 15.1 Å². The smallest absolute Gasteiger partial charge is 0.224 e. The van der Waals surface area contributed by atoms with Crippen molar-refractivity contribution in [3.05, 3.63) is 42.6 Å². The quantitative estimate of drug-likeness (QED) is 0.255. The Bertz CT molecular complexity index is 1640. The summed E-state index contributed by atoms with van der Waals surface area (Å²) in [5, 5.41) is 4.81. The summed E-state index contributed by atoms with van der Waals surface area (Å²) in [5.41, 5.74) is 13.3. The third-order valence-corrected chi connectivity index (χ3v) is 8.28. The molecule has 3 heterocycles. The first-order chi connectivity index (χ1) is 16.3. The molecule has 0 fully saturated rings. The monoisotopic (exact) mass is 497 g/mol. The lowest BCUT2D eigenvalue weighted by atomic mass is 10.2. The molecule has 0 saturated carbocycles. The van der Waals surface area contributed by atoms with Crippen LogP contribution in [0, 0.1) is 0 Å². The van der Waals surface area contributed by atoms with Gasteiger partial charge in [0.15, 0.2) is 16.6 Å². The van der Waals surface area contributed by atoms with Crippen molar-refractivity contribution in [2.75, 3.05) is 31.0 Å². The maximum absolute atomic E-state index is 13.0. The van der Waals surface area contributed by atoms with Crippen molar-refractivity contribution in [3.8, 4) is 11.5 Å². The number of aromatic nitrogens is 4. The van der Waals surface area contributed by atoms with Crippen LogP contribution in [0.1, 0.15) is 0 Å². The molecule has 0 unspecified atom stereocenters. The second-order valence-corrected chi connectivity index (χ2v) is 10.4. The van der Waals surface area contributed by atoms with Crippen LogP contribution < -0.4 is 26.3 Å². The Morgan fingerprint density at radius 2 is 1.74 bits per heavy atom. The van der Waals surface area contributed by atoms with Gasteiger partial charge >= 0.3 is 0 Å². The Morgan fingerprint density at radius 1 is 1.03 bits per heavy atom. The van der Waals surface area contributed by atoms with Crippen LogP contribution in [0.3, 0.4) is 0 Å². The number of thiazole rings is 1. The molecule has 6 N–H and O–H groups in total. The van der Waals surface area contributed by atoms with E-state index in [1.165, 1.54) is 30.5 Å². The first-order valence-corrected chi connectivity index (χ1v) is 12.1. The number of hydrogen-bond acceptors (Lipinski definition) is 11. The van der Waals surface area contributed by atoms with Crippen molar-refractivity contribution in [2.45, 2.75) is 9.10 Å². The molecule has 0 aliphatic rings. The van der Waals surface area contributed by atoms with Crippen molar-refractivity contribution >= 4 is 65.7 Å². The molecule has 11 nitrogen and oxygen atoms in total. The highest BCUT2D eigenvalue weighted by Gasteiger charge is 2.22. The average Bonchev–Trinajstić information content (AvgIpc) is 3.42. The Morgan fingerprint density at radius 3 is 2.44 bits per heavy atom. The first-order valence-electron chi connectivity index (χ1n) is 9.84. The van der Waals surface area contributed by atoms with Crippen molar-refractivity contribution in [1.29, 1.82) is 0 Å². The minimum Gasteiger partial charge on any atom is -0.493 e. The standard InChI is InChI=1S/C21H19N7O4S2/c1-31-14-7-12-13(8-15(14)32-2)25-18-17(12)19(27-20(23)26-18)28-21-24-9-16(33-21)34(29,30)11-5-3-10(22)4-6-11/h3-9H,22H2,1-2H3,(H4,23,24,25,26,27,28). The highest BCUT2D eigenvalue weighted by atomic mass is 32.2. The van der Waals surface area contributed by atoms with Gasteiger partial charge in [0.1, 0.15) is 15.7 Å². The summed E-state index contributed by atoms with van der Waals surface area (Å²) in [4.78, 5) is 16.2. The first kappa shape index (κ1) is 21.7. The molecule has 5 aromatic rings. The number of aromatic amines is 1. The summed E-state index contributed by atoms with van der Waals surface area (Å²) in [7, 11) is -0.654. The van der Waals surface area contributed by atoms with Crippen LogP contribution >= 0.6 is 11.3 Å². The van der Waals surface area contributed by atoms with Gasteiger partial charge in [-0.05, 0) is 30.3 Å². The minimum absolute atomic E-state index is 0.0340. The van der Waals surface area contributed by atoms with Crippen LogP contribution in [0.5, 0.6) is 11.5 Å². The molecular formula is C21H19N7O4S2. The fourth-order valence-corrected chi connectivity index (χ4v) is 5.97. The lowest BCUT2D eigenvalue weighted by Gasteiger charge is -2.08. The Labute approximate surface area is 197 Å². The van der Waals surface area contributed by atoms with Crippen LogP contribution in [0.2, 0.25) is 0 Å². The number of ether oxygens (including phenoxy) is 2. The summed E-state index contributed by atoms with van der Waals surface area (Å²) in [6, 6.07) is 9.58. The predicted molar refractivity (Wildman–Crippen MR) is 131 cm³/mol. The molecule has 5 rings (SSSR count). The molecule has 3 aromatic heterocycles. The van der Waals surface area contributed by atoms with Gasteiger partial charge in [-0.3, -0.25) is 0 Å². The van der Waals surface area contributed by atoms with E-state index in [4.69, 9.17) is 20.9 Å². The van der Waals surface area contributed by atoms with E-state index in [0.29, 0.717) is 39.2 Å². The molecule has 0 radical (unpaired) electrons. The SMILES string of the molecule is COc1cc2[nH]c3nc(N)nc(Nc4ncc(S(=O)(=O)c5ccc(N)cc5)s4)c3c2cc1OC. The molecule has 2 aromatic carbocycles. The minimum atomic E-state index is -3.75. The zero-order valence-corrected chi connectivity index (χ0v) is 19.6. The van der Waals surface area contributed by atoms with Crippen molar-refractivity contribution in [2.24, 2.45) is 0 Å². The lowest BCUT2D eigenvalue weighted by molar-refractivity contribution is 0.356. The number of rotatable bonds is 6. The maximum Gasteiger partial charge on any atom is 0.224 e. The van der Waals surface area contributed by atoms with Crippen molar-refractivity contribution in [3.63, 3.8) is 0 Å². The molecule has 0 saturated heterocycles. The second-order valence-electron chi connectivity index (χ2n) is 7.21. The number of hydrogen-bond donors (Lipinski definition) is 4. The second kappa shape index (κ2) is 8.04. The van der Waals surface area contributed by atoms with E-state index in [2.05, 4.69) is 25.3 Å². The molecule has 174 valence electrons. The number of anilines is 4. The number of methoxy groups -OCH3 is 2. The third kappa shape index (κ3) is 3.60. The topological polar surface area (TPSA) is 171 Å². The van der Waals surface area contributed by atoms with Gasteiger partial charge in [-0.25, -0.2) is 13.4 Å². The Kier molecular flexibility index (Phi) is 5.14. The van der Waals surface area contributed by atoms with Crippen LogP contribution in [0.25, 0.3) is 21.9 Å². The highest BCUT2D eigenvalue weighted by Crippen LogP contribution is 2.39. The highest BCUT2D eigenvalue weighted by molar-refractivity contribution is 7.93. The number of nitrogens with two attached hydrogens (primary N) is 2. The normalized spacial score (nSPS) is 11.7. The largest absolute Gasteiger partial charge is 0.493 e. The number of nitrogens with zero attached hydrogens (tertiary/aromatic N) is 3. The average molecular weight is 498 g/mol. The third-order valence-electron chi connectivity index (χ3n) is 5.14. The van der Waals surface area contributed by atoms with Gasteiger partial charge in [-0.15, -0.1) is 0 Å². The molecule has 0 spiro atoms. The van der Waals surface area contributed by atoms with Crippen LogP contribution in [0.4, 0.5) is 22.6 Å². The van der Waals surface area contributed by atoms with Crippen molar-refractivity contribution in [1.82, 2.24) is 19.9 Å². The van der Waals surface area contributed by atoms with E-state index in [0.717, 1.165) is 22.2 Å². The summed E-state index contributed by atoms with van der Waals surface area (Å²) in [5.74, 6) is 1.48. The number of nitrogen functional groups attached to an aromatic ring is 2. The Balaban J connectivity index is 1.58. The molecule has 0 atom stereocenters. The van der Waals surface area contributed by atoms with E-state index in [9.17, 15) is 8.42 Å². The molecule has 13 heteroatoms. The zero-order chi connectivity index (χ0) is 24.0. The van der Waals surface area contributed by atoms with E-state index in [1.54, 1.807) is 26.4 Å². The van der Waals surface area contributed by atoms with Gasteiger partial charge in [0.2, 0.25) is 15.8 Å². The van der Waals surface area contributed by atoms with Gasteiger partial charge in [-0.1, -0.05) is 11.3 Å². The zero-order valence-electron chi connectivity index (χ0n) is 18.0. The number of sulfone groups is 1. The molecule has 0 amide bonds. The number of nitrogens with one attached hydrogen (secondary N) is 2. The van der Waals surface area contributed by atoms with Gasteiger partial charge < -0.3 is 31.2 Å². The molecule has 34 heavy (non-hydrogen) atoms. The van der Waals surface area contributed by atoms with E-state index >= 15 is 0 Å². The number of fused-ring (bicyclic) bond motifs is 3. The van der Waals surface area contributed by atoms with E-state index in [1.807, 2.05) is 0 Å². The molecule has 0 bridgehead atoms. The Hall–Kier alpha value is -4.10. The van der Waals surface area contributed by atoms with Gasteiger partial charge in [0.05, 0.1) is 36.2 Å². The lowest BCUT2D eigenvalue weighted by Crippen LogP contribution is -2.00. The van der Waals surface area contributed by atoms with Gasteiger partial charge in [-0.2, -0.15) is 9.97 Å². The molecule has 0 aliphatic carbocycles. The molecular weight excluding hydrogens is 478 g/mol. The van der Waals surface area contributed by atoms with Gasteiger partial charge in [0.25, 0.3) is 0 Å². The summed E-state index contributed by atoms with van der Waals surface area (Å²) >= 11 is 0.972. The predicted octanol–water partition coefficient (Wildman–Crippen LogP) is 3.33. The van der Waals surface area contributed by atoms with Crippen molar-refractivity contribution < 1.29 is 17.9 Å². The summed E-state index contributed by atoms with van der Waals surface area (Å²) in [6.07, 6.45) is 1.30. The summed E-state index contributed by atoms with van der Waals surface area (Å²) < 4.78 is 36.8. The maximum atomic E-state index is 13.0. The van der Waals surface area contributed by atoms with Gasteiger partial charge in [0, 0.05) is 17.1 Å². The van der Waals surface area contributed by atoms with Crippen LogP contribution in [-0.4, -0.2) is 42.6 Å². The fraction of sp³-hybridized carbons (Fsp3) is 0.0952. The number of benzene rings is 2. The fourth-order valence-electron chi connectivity index (χ4n) is 3.54. The van der Waals surface area contributed by atoms with E-state index < -0.39 is 9.84 Å². The summed E-state index contributed by atoms with van der Waals surface area (Å²) in [6.45, 7) is 0.